The van der Waals surface area contributed by atoms with Crippen molar-refractivity contribution in [2.45, 2.75) is 26.0 Å². The Balaban J connectivity index is 1.69. The second-order valence-electron chi connectivity index (χ2n) is 9.11. The molecule has 0 saturated heterocycles. The van der Waals surface area contributed by atoms with E-state index in [0.29, 0.717) is 54.1 Å². The molecule has 1 aliphatic heterocycles. The van der Waals surface area contributed by atoms with E-state index < -0.39 is 12.0 Å². The van der Waals surface area contributed by atoms with E-state index >= 15 is 0 Å². The van der Waals surface area contributed by atoms with Gasteiger partial charge in [-0.3, -0.25) is 9.36 Å². The van der Waals surface area contributed by atoms with E-state index in [0.717, 1.165) is 5.56 Å². The van der Waals surface area contributed by atoms with Crippen LogP contribution in [0.15, 0.2) is 92.3 Å². The summed E-state index contributed by atoms with van der Waals surface area (Å²) >= 11 is 4.71. The van der Waals surface area contributed by atoms with E-state index in [1.807, 2.05) is 37.3 Å². The van der Waals surface area contributed by atoms with Gasteiger partial charge in [0.1, 0.15) is 12.4 Å². The SMILES string of the molecule is CCC1=C(C(=O)OC)[C@H](c2ccccc2)n2c(s/c(=C/c3cc(Br)cc(OC)c3OCc3ccccc3F)c2=O)=N1. The van der Waals surface area contributed by atoms with Crippen LogP contribution in [0.3, 0.4) is 0 Å². The molecule has 0 fully saturated rings. The highest BCUT2D eigenvalue weighted by atomic mass is 79.9. The Morgan fingerprint density at radius 3 is 2.54 bits per heavy atom. The quantitative estimate of drug-likeness (QED) is 0.246. The lowest BCUT2D eigenvalue weighted by Gasteiger charge is -2.25. The molecule has 2 heterocycles. The third kappa shape index (κ3) is 5.62. The fraction of sp³-hybridized carbons (Fsp3) is 0.194. The van der Waals surface area contributed by atoms with Gasteiger partial charge in [0.15, 0.2) is 16.3 Å². The summed E-state index contributed by atoms with van der Waals surface area (Å²) in [5.74, 6) is -0.145. The Morgan fingerprint density at radius 1 is 1.12 bits per heavy atom. The van der Waals surface area contributed by atoms with Crippen molar-refractivity contribution in [1.82, 2.24) is 4.57 Å². The van der Waals surface area contributed by atoms with Crippen molar-refractivity contribution in [2.24, 2.45) is 4.99 Å². The summed E-state index contributed by atoms with van der Waals surface area (Å²) in [7, 11) is 2.83. The molecule has 5 rings (SSSR count). The number of halogens is 2. The molecule has 0 amide bonds. The summed E-state index contributed by atoms with van der Waals surface area (Å²) in [4.78, 5) is 32.2. The zero-order valence-corrected chi connectivity index (χ0v) is 24.9. The topological polar surface area (TPSA) is 79.1 Å². The lowest BCUT2D eigenvalue weighted by atomic mass is 9.95. The Labute approximate surface area is 248 Å². The van der Waals surface area contributed by atoms with Crippen LogP contribution in [0.1, 0.15) is 36.1 Å². The molecule has 3 aromatic carbocycles. The number of nitrogens with zero attached hydrogens (tertiary/aromatic N) is 2. The van der Waals surface area contributed by atoms with E-state index in [9.17, 15) is 14.0 Å². The first-order valence-corrected chi connectivity index (χ1v) is 14.4. The van der Waals surface area contributed by atoms with Gasteiger partial charge < -0.3 is 14.2 Å². The second kappa shape index (κ2) is 12.2. The second-order valence-corrected chi connectivity index (χ2v) is 11.0. The number of ether oxygens (including phenoxy) is 3. The van der Waals surface area contributed by atoms with Gasteiger partial charge in [-0.05, 0) is 36.3 Å². The molecule has 0 saturated carbocycles. The lowest BCUT2D eigenvalue weighted by Crippen LogP contribution is -2.40. The summed E-state index contributed by atoms with van der Waals surface area (Å²) in [6, 6.07) is 18.5. The zero-order valence-electron chi connectivity index (χ0n) is 22.5. The van der Waals surface area contributed by atoms with Crippen molar-refractivity contribution in [2.75, 3.05) is 14.2 Å². The van der Waals surface area contributed by atoms with Crippen LogP contribution in [0, 0.1) is 5.82 Å². The molecule has 1 aliphatic rings. The summed E-state index contributed by atoms with van der Waals surface area (Å²) < 4.78 is 33.7. The Hall–Kier alpha value is -4.02. The van der Waals surface area contributed by atoms with Gasteiger partial charge in [-0.1, -0.05) is 82.7 Å². The normalized spacial score (nSPS) is 14.9. The van der Waals surface area contributed by atoms with Crippen molar-refractivity contribution >= 4 is 39.3 Å². The molecule has 0 spiro atoms. The molecule has 0 unspecified atom stereocenters. The first-order valence-electron chi connectivity index (χ1n) is 12.8. The standard InChI is InChI=1S/C31H26BrFN2O5S/c1-4-23-26(30(37)39-3)27(18-10-6-5-7-11-18)35-29(36)25(41-31(35)34-23)15-20-14-21(32)16-24(38-2)28(20)40-17-19-12-8-9-13-22(19)33/h5-16,27H,4,17H2,1-3H3/b25-15+/t27-/m0/s1. The number of rotatable bonds is 8. The van der Waals surface area contributed by atoms with Gasteiger partial charge in [0, 0.05) is 15.6 Å². The van der Waals surface area contributed by atoms with E-state index in [2.05, 4.69) is 15.9 Å². The lowest BCUT2D eigenvalue weighted by molar-refractivity contribution is -0.136. The molecule has 0 bridgehead atoms. The Kier molecular flexibility index (Phi) is 8.51. The highest BCUT2D eigenvalue weighted by Crippen LogP contribution is 2.36. The maximum atomic E-state index is 14.3. The minimum Gasteiger partial charge on any atom is -0.493 e. The number of hydrogen-bond donors (Lipinski definition) is 0. The molecule has 1 atom stereocenters. The van der Waals surface area contributed by atoms with Crippen LogP contribution in [0.25, 0.3) is 6.08 Å². The number of allylic oxidation sites excluding steroid dienone is 1. The van der Waals surface area contributed by atoms with Crippen molar-refractivity contribution < 1.29 is 23.4 Å². The van der Waals surface area contributed by atoms with Gasteiger partial charge in [0.05, 0.1) is 36.1 Å². The van der Waals surface area contributed by atoms with Crippen molar-refractivity contribution in [3.05, 3.63) is 125 Å². The number of fused-ring (bicyclic) bond motifs is 1. The Morgan fingerprint density at radius 2 is 1.85 bits per heavy atom. The smallest absolute Gasteiger partial charge is 0.338 e. The fourth-order valence-electron chi connectivity index (χ4n) is 4.72. The molecular weight excluding hydrogens is 611 g/mol. The van der Waals surface area contributed by atoms with Crippen LogP contribution in [0.5, 0.6) is 11.5 Å². The van der Waals surface area contributed by atoms with Crippen molar-refractivity contribution in [3.8, 4) is 11.5 Å². The molecule has 41 heavy (non-hydrogen) atoms. The molecule has 7 nitrogen and oxygen atoms in total. The number of benzene rings is 3. The number of esters is 1. The number of carbonyl (C=O) groups excluding carboxylic acids is 1. The third-order valence-corrected chi connectivity index (χ3v) is 8.09. The molecule has 10 heteroatoms. The van der Waals surface area contributed by atoms with Crippen molar-refractivity contribution in [1.29, 1.82) is 0 Å². The third-order valence-electron chi connectivity index (χ3n) is 6.65. The predicted octanol–water partition coefficient (Wildman–Crippen LogP) is 5.29. The maximum Gasteiger partial charge on any atom is 0.338 e. The van der Waals surface area contributed by atoms with Gasteiger partial charge in [-0.25, -0.2) is 14.2 Å². The largest absolute Gasteiger partial charge is 0.493 e. The molecule has 0 N–H and O–H groups in total. The van der Waals surface area contributed by atoms with Crippen LogP contribution >= 0.6 is 27.3 Å². The molecule has 0 aliphatic carbocycles. The van der Waals surface area contributed by atoms with Gasteiger partial charge in [-0.2, -0.15) is 0 Å². The molecule has 4 aromatic rings. The summed E-state index contributed by atoms with van der Waals surface area (Å²) in [5, 5.41) is 0. The average Bonchev–Trinajstić information content (AvgIpc) is 3.30. The van der Waals surface area contributed by atoms with Crippen LogP contribution in [-0.2, 0) is 16.1 Å². The van der Waals surface area contributed by atoms with E-state index in [1.54, 1.807) is 36.4 Å². The van der Waals surface area contributed by atoms with Crippen LogP contribution in [-0.4, -0.2) is 24.8 Å². The number of methoxy groups -OCH3 is 2. The van der Waals surface area contributed by atoms with Gasteiger partial charge in [-0.15, -0.1) is 0 Å². The van der Waals surface area contributed by atoms with E-state index in [-0.39, 0.29) is 18.0 Å². The van der Waals surface area contributed by atoms with E-state index in [1.165, 1.54) is 36.2 Å². The Bertz CT molecular complexity index is 1830. The minimum atomic E-state index is -0.703. The summed E-state index contributed by atoms with van der Waals surface area (Å²) in [5.41, 5.74) is 2.28. The molecule has 210 valence electrons. The highest BCUT2D eigenvalue weighted by molar-refractivity contribution is 9.10. The molecule has 0 radical (unpaired) electrons. The summed E-state index contributed by atoms with van der Waals surface area (Å²) in [6.07, 6.45) is 2.18. The fourth-order valence-corrected chi connectivity index (χ4v) is 6.19. The van der Waals surface area contributed by atoms with Gasteiger partial charge in [0.25, 0.3) is 5.56 Å². The first-order chi connectivity index (χ1) is 19.9. The number of aromatic nitrogens is 1. The van der Waals surface area contributed by atoms with Crippen LogP contribution in [0.2, 0.25) is 0 Å². The number of hydrogen-bond acceptors (Lipinski definition) is 7. The van der Waals surface area contributed by atoms with Crippen LogP contribution in [0.4, 0.5) is 4.39 Å². The van der Waals surface area contributed by atoms with Crippen LogP contribution < -0.4 is 24.4 Å². The van der Waals surface area contributed by atoms with Crippen molar-refractivity contribution in [3.63, 3.8) is 0 Å². The molecule has 1 aromatic heterocycles. The number of carbonyl (C=O) groups is 1. The highest BCUT2D eigenvalue weighted by Gasteiger charge is 2.33. The monoisotopic (exact) mass is 636 g/mol. The predicted molar refractivity (Wildman–Crippen MR) is 158 cm³/mol. The zero-order chi connectivity index (χ0) is 29.1. The first kappa shape index (κ1) is 28.5. The summed E-state index contributed by atoms with van der Waals surface area (Å²) in [6.45, 7) is 1.87. The number of thiazole rings is 1. The molecular formula is C31H26BrFN2O5S. The van der Waals surface area contributed by atoms with Gasteiger partial charge in [0.2, 0.25) is 0 Å². The average molecular weight is 638 g/mol. The van der Waals surface area contributed by atoms with E-state index in [4.69, 9.17) is 19.2 Å². The maximum absolute atomic E-state index is 14.3. The van der Waals surface area contributed by atoms with Gasteiger partial charge >= 0.3 is 5.97 Å². The minimum absolute atomic E-state index is 0.0386.